The minimum atomic E-state index is 0.278. The molecule has 2 unspecified atom stereocenters. The van der Waals surface area contributed by atoms with E-state index >= 15 is 0 Å². The molecule has 0 radical (unpaired) electrons. The third-order valence-corrected chi connectivity index (χ3v) is 4.67. The van der Waals surface area contributed by atoms with Crippen molar-refractivity contribution in [2.75, 3.05) is 6.61 Å². The van der Waals surface area contributed by atoms with Gasteiger partial charge >= 0.3 is 0 Å². The van der Waals surface area contributed by atoms with Crippen LogP contribution in [0.1, 0.15) is 44.1 Å². The van der Waals surface area contributed by atoms with Gasteiger partial charge in [0.1, 0.15) is 0 Å². The van der Waals surface area contributed by atoms with Gasteiger partial charge in [-0.25, -0.2) is 0 Å². The van der Waals surface area contributed by atoms with E-state index in [1.165, 1.54) is 31.2 Å². The first-order chi connectivity index (χ1) is 8.81. The maximum absolute atomic E-state index is 6.47. The van der Waals surface area contributed by atoms with Gasteiger partial charge in [-0.3, -0.25) is 0 Å². The highest BCUT2D eigenvalue weighted by Crippen LogP contribution is 2.51. The summed E-state index contributed by atoms with van der Waals surface area (Å²) in [5.74, 6) is 0. The molecule has 18 heavy (non-hydrogen) atoms. The molecule has 1 heterocycles. The summed E-state index contributed by atoms with van der Waals surface area (Å²) in [5, 5.41) is 0. The van der Waals surface area contributed by atoms with Gasteiger partial charge in [0.15, 0.2) is 0 Å². The number of hydrogen-bond donors (Lipinski definition) is 1. The Morgan fingerprint density at radius 1 is 1.28 bits per heavy atom. The minimum absolute atomic E-state index is 0.278. The van der Waals surface area contributed by atoms with Crippen LogP contribution < -0.4 is 5.73 Å². The number of ether oxygens (including phenoxy) is 1. The average Bonchev–Trinajstić information content (AvgIpc) is 3.07. The highest BCUT2D eigenvalue weighted by atomic mass is 16.5. The van der Waals surface area contributed by atoms with Crippen LogP contribution in [0.3, 0.4) is 0 Å². The number of benzene rings is 1. The Hall–Kier alpha value is -0.860. The Labute approximate surface area is 110 Å². The van der Waals surface area contributed by atoms with Gasteiger partial charge < -0.3 is 10.5 Å². The van der Waals surface area contributed by atoms with Gasteiger partial charge in [-0.2, -0.15) is 0 Å². The largest absolute Gasteiger partial charge is 0.378 e. The molecule has 2 nitrogen and oxygen atoms in total. The van der Waals surface area contributed by atoms with Crippen LogP contribution in [-0.4, -0.2) is 18.8 Å². The van der Waals surface area contributed by atoms with E-state index in [2.05, 4.69) is 30.3 Å². The first-order valence-electron chi connectivity index (χ1n) is 7.24. The second-order valence-electron chi connectivity index (χ2n) is 5.84. The minimum Gasteiger partial charge on any atom is -0.378 e. The lowest BCUT2D eigenvalue weighted by Gasteiger charge is -2.25. The van der Waals surface area contributed by atoms with Crippen molar-refractivity contribution in [3.8, 4) is 0 Å². The predicted octanol–water partition coefficient (Wildman–Crippen LogP) is 3.00. The standard InChI is InChI=1S/C16H23NO/c17-15(9-8-14-7-4-12-18-14)16(10-11-16)13-5-2-1-3-6-13/h1-3,5-6,14-15H,4,7-12,17H2. The molecule has 1 aromatic carbocycles. The zero-order valence-electron chi connectivity index (χ0n) is 11.0. The molecule has 2 aliphatic rings. The molecule has 0 aromatic heterocycles. The lowest BCUT2D eigenvalue weighted by molar-refractivity contribution is 0.0996. The molecule has 3 rings (SSSR count). The van der Waals surface area contributed by atoms with E-state index in [9.17, 15) is 0 Å². The van der Waals surface area contributed by atoms with Crippen molar-refractivity contribution < 1.29 is 4.74 Å². The van der Waals surface area contributed by atoms with E-state index in [4.69, 9.17) is 10.5 Å². The van der Waals surface area contributed by atoms with Crippen LogP contribution >= 0.6 is 0 Å². The average molecular weight is 245 g/mol. The predicted molar refractivity (Wildman–Crippen MR) is 73.5 cm³/mol. The molecule has 2 heteroatoms. The highest BCUT2D eigenvalue weighted by molar-refractivity contribution is 5.33. The van der Waals surface area contributed by atoms with Crippen molar-refractivity contribution in [1.82, 2.24) is 0 Å². The van der Waals surface area contributed by atoms with E-state index in [-0.39, 0.29) is 5.41 Å². The summed E-state index contributed by atoms with van der Waals surface area (Å²) in [6.45, 7) is 0.948. The molecule has 2 N–H and O–H groups in total. The quantitative estimate of drug-likeness (QED) is 0.865. The number of hydrogen-bond acceptors (Lipinski definition) is 2. The van der Waals surface area contributed by atoms with Crippen molar-refractivity contribution >= 4 is 0 Å². The van der Waals surface area contributed by atoms with E-state index in [0.717, 1.165) is 19.4 Å². The molecular weight excluding hydrogens is 222 g/mol. The molecule has 0 bridgehead atoms. The van der Waals surface area contributed by atoms with E-state index < -0.39 is 0 Å². The molecule has 2 atom stereocenters. The van der Waals surface area contributed by atoms with Gasteiger partial charge in [-0.1, -0.05) is 30.3 Å². The smallest absolute Gasteiger partial charge is 0.0576 e. The molecule has 1 saturated carbocycles. The van der Waals surface area contributed by atoms with Crippen molar-refractivity contribution in [2.24, 2.45) is 5.73 Å². The molecule has 0 amide bonds. The monoisotopic (exact) mass is 245 g/mol. The summed E-state index contributed by atoms with van der Waals surface area (Å²) < 4.78 is 5.69. The SMILES string of the molecule is NC(CCC1CCCO1)C1(c2ccccc2)CC1. The molecule has 0 spiro atoms. The highest BCUT2D eigenvalue weighted by Gasteiger charge is 2.48. The Balaban J connectivity index is 1.60. The summed E-state index contributed by atoms with van der Waals surface area (Å²) >= 11 is 0. The molecule has 98 valence electrons. The lowest BCUT2D eigenvalue weighted by Crippen LogP contribution is -2.35. The van der Waals surface area contributed by atoms with Crippen molar-refractivity contribution in [3.63, 3.8) is 0 Å². The second kappa shape index (κ2) is 5.02. The van der Waals surface area contributed by atoms with Crippen LogP contribution in [0.5, 0.6) is 0 Å². The van der Waals surface area contributed by atoms with Gasteiger partial charge in [0.2, 0.25) is 0 Å². The fourth-order valence-electron chi connectivity index (χ4n) is 3.29. The molecular formula is C16H23NO. The van der Waals surface area contributed by atoms with Crippen molar-refractivity contribution in [3.05, 3.63) is 35.9 Å². The van der Waals surface area contributed by atoms with Gasteiger partial charge in [0, 0.05) is 18.1 Å². The van der Waals surface area contributed by atoms with Crippen LogP contribution in [-0.2, 0) is 10.2 Å². The zero-order chi connectivity index (χ0) is 12.4. The number of rotatable bonds is 5. The summed E-state index contributed by atoms with van der Waals surface area (Å²) in [6.07, 6.45) is 7.67. The van der Waals surface area contributed by atoms with Crippen LogP contribution in [0, 0.1) is 0 Å². The Morgan fingerprint density at radius 3 is 2.67 bits per heavy atom. The molecule has 1 saturated heterocycles. The molecule has 1 aliphatic carbocycles. The van der Waals surface area contributed by atoms with Gasteiger partial charge in [-0.15, -0.1) is 0 Å². The van der Waals surface area contributed by atoms with Crippen molar-refractivity contribution in [2.45, 2.75) is 56.1 Å². The lowest BCUT2D eigenvalue weighted by atomic mass is 9.85. The Morgan fingerprint density at radius 2 is 2.06 bits per heavy atom. The van der Waals surface area contributed by atoms with Crippen LogP contribution in [0.15, 0.2) is 30.3 Å². The summed E-state index contributed by atoms with van der Waals surface area (Å²) in [6, 6.07) is 11.1. The third kappa shape index (κ3) is 2.32. The van der Waals surface area contributed by atoms with E-state index in [1.54, 1.807) is 0 Å². The maximum Gasteiger partial charge on any atom is 0.0576 e. The fourth-order valence-corrected chi connectivity index (χ4v) is 3.29. The van der Waals surface area contributed by atoms with Crippen LogP contribution in [0.25, 0.3) is 0 Å². The summed E-state index contributed by atoms with van der Waals surface area (Å²) in [4.78, 5) is 0. The summed E-state index contributed by atoms with van der Waals surface area (Å²) in [5.41, 5.74) is 8.18. The molecule has 1 aromatic rings. The van der Waals surface area contributed by atoms with E-state index in [1.807, 2.05) is 0 Å². The molecule has 2 fully saturated rings. The Bertz CT molecular complexity index is 379. The zero-order valence-corrected chi connectivity index (χ0v) is 11.0. The van der Waals surface area contributed by atoms with Crippen molar-refractivity contribution in [1.29, 1.82) is 0 Å². The Kier molecular flexibility index (Phi) is 3.40. The van der Waals surface area contributed by atoms with Gasteiger partial charge in [0.05, 0.1) is 6.10 Å². The van der Waals surface area contributed by atoms with Gasteiger partial charge in [-0.05, 0) is 44.1 Å². The summed E-state index contributed by atoms with van der Waals surface area (Å²) in [7, 11) is 0. The third-order valence-electron chi connectivity index (χ3n) is 4.67. The maximum atomic E-state index is 6.47. The molecule has 1 aliphatic heterocycles. The normalized spacial score (nSPS) is 27.1. The van der Waals surface area contributed by atoms with Crippen LogP contribution in [0.2, 0.25) is 0 Å². The van der Waals surface area contributed by atoms with Gasteiger partial charge in [0.25, 0.3) is 0 Å². The topological polar surface area (TPSA) is 35.2 Å². The van der Waals surface area contributed by atoms with Crippen LogP contribution in [0.4, 0.5) is 0 Å². The fraction of sp³-hybridized carbons (Fsp3) is 0.625. The second-order valence-corrected chi connectivity index (χ2v) is 5.84. The first-order valence-corrected chi connectivity index (χ1v) is 7.24. The van der Waals surface area contributed by atoms with E-state index in [0.29, 0.717) is 12.1 Å². The first kappa shape index (κ1) is 12.2. The number of nitrogens with two attached hydrogens (primary N) is 1.